The van der Waals surface area contributed by atoms with Gasteiger partial charge in [-0.25, -0.2) is 8.60 Å². The minimum Gasteiger partial charge on any atom is -0.249 e. The summed E-state index contributed by atoms with van der Waals surface area (Å²) in [5, 5.41) is 0. The fourth-order valence-electron chi connectivity index (χ4n) is 0.710. The van der Waals surface area contributed by atoms with E-state index in [1.807, 2.05) is 0 Å². The predicted octanol–water partition coefficient (Wildman–Crippen LogP) is 2.28. The summed E-state index contributed by atoms with van der Waals surface area (Å²) in [6.07, 6.45) is 0. The molecule has 0 radical (unpaired) electrons. The molecule has 0 aromatic heterocycles. The first-order valence-electron chi connectivity index (χ1n) is 3.23. The Morgan fingerprint density at radius 1 is 1.42 bits per heavy atom. The minimum atomic E-state index is -1.24. The highest BCUT2D eigenvalue weighted by Crippen LogP contribution is 2.17. The molecule has 0 spiro atoms. The normalized spacial score (nSPS) is 12.5. The maximum Gasteiger partial charge on any atom is 0.123 e. The Morgan fingerprint density at radius 2 is 1.92 bits per heavy atom. The van der Waals surface area contributed by atoms with Crippen molar-refractivity contribution in [2.24, 2.45) is 0 Å². The van der Waals surface area contributed by atoms with Crippen LogP contribution in [-0.4, -0.2) is 4.21 Å². The fourth-order valence-corrected chi connectivity index (χ4v) is 1.80. The highest BCUT2D eigenvalue weighted by molar-refractivity contribution is 7.94. The average Bonchev–Trinajstić information content (AvgIpc) is 2.04. The van der Waals surface area contributed by atoms with Crippen LogP contribution in [-0.2, 0) is 10.8 Å². The van der Waals surface area contributed by atoms with E-state index in [0.29, 0.717) is 9.54 Å². The van der Waals surface area contributed by atoms with Gasteiger partial charge in [-0.1, -0.05) is 15.8 Å². The van der Waals surface area contributed by atoms with E-state index >= 15 is 0 Å². The third-order valence-corrected chi connectivity index (χ3v) is 3.08. The zero-order chi connectivity index (χ0) is 9.14. The molecule has 2 atom stereocenters. The largest absolute Gasteiger partial charge is 0.249 e. The lowest BCUT2D eigenvalue weighted by atomic mass is 10.4. The van der Waals surface area contributed by atoms with Gasteiger partial charge < -0.3 is 0 Å². The Morgan fingerprint density at radius 3 is 2.33 bits per heavy atom. The van der Waals surface area contributed by atoms with Crippen LogP contribution in [0.1, 0.15) is 0 Å². The molecule has 0 aliphatic heterocycles. The predicted molar refractivity (Wildman–Crippen MR) is 51.7 cm³/mol. The first-order valence-corrected chi connectivity index (χ1v) is 4.95. The van der Waals surface area contributed by atoms with E-state index in [2.05, 4.69) is 15.8 Å². The maximum absolute atomic E-state index is 12.4. The van der Waals surface area contributed by atoms with Crippen LogP contribution in [0.2, 0.25) is 0 Å². The van der Waals surface area contributed by atoms with Gasteiger partial charge in [-0.2, -0.15) is 0 Å². The molecule has 0 heterocycles. The second-order valence-electron chi connectivity index (χ2n) is 2.19. The van der Waals surface area contributed by atoms with Crippen LogP contribution < -0.4 is 0 Å². The lowest BCUT2D eigenvalue weighted by molar-refractivity contribution is 0.626. The first-order chi connectivity index (χ1) is 5.61. The average molecular weight is 202 g/mol. The van der Waals surface area contributed by atoms with Crippen molar-refractivity contribution in [3.8, 4) is 0 Å². The Hall–Kier alpha value is -0.530. The zero-order valence-electron chi connectivity index (χ0n) is 6.29. The van der Waals surface area contributed by atoms with E-state index < -0.39 is 10.8 Å². The summed E-state index contributed by atoms with van der Waals surface area (Å²) in [4.78, 5) is 0.566. The van der Waals surface area contributed by atoms with Crippen molar-refractivity contribution in [1.29, 1.82) is 0 Å². The second kappa shape index (κ2) is 3.92. The summed E-state index contributed by atoms with van der Waals surface area (Å²) >= 11 is 0. The van der Waals surface area contributed by atoms with Crippen LogP contribution in [0.15, 0.2) is 40.4 Å². The van der Waals surface area contributed by atoms with Crippen molar-refractivity contribution in [3.05, 3.63) is 41.3 Å². The smallest absolute Gasteiger partial charge is 0.123 e. The van der Waals surface area contributed by atoms with Gasteiger partial charge in [-0.05, 0) is 24.3 Å². The van der Waals surface area contributed by atoms with Crippen LogP contribution in [0, 0.1) is 5.82 Å². The highest BCUT2D eigenvalue weighted by Gasteiger charge is 2.03. The van der Waals surface area contributed by atoms with Crippen LogP contribution in [0.25, 0.3) is 0 Å². The lowest BCUT2D eigenvalue weighted by Gasteiger charge is -1.99. The van der Waals surface area contributed by atoms with Gasteiger partial charge in [-0.3, -0.25) is 0 Å². The molecule has 1 nitrogen and oxygen atoms in total. The van der Waals surface area contributed by atoms with Gasteiger partial charge in [0, 0.05) is 9.54 Å². The number of hydrogen-bond donors (Lipinski definition) is 0. The molecule has 2 unspecified atom stereocenters. The summed E-state index contributed by atoms with van der Waals surface area (Å²) in [6, 6.07) is 5.53. The van der Waals surface area contributed by atoms with Crippen molar-refractivity contribution in [2.45, 2.75) is 4.90 Å². The molecule has 0 saturated heterocycles. The van der Waals surface area contributed by atoms with Gasteiger partial charge >= 0.3 is 0 Å². The molecule has 1 aromatic carbocycles. The molecule has 0 fully saturated rings. The summed E-state index contributed by atoms with van der Waals surface area (Å²) in [7, 11) is 1.03. The van der Waals surface area contributed by atoms with Crippen LogP contribution in [0.4, 0.5) is 4.39 Å². The van der Waals surface area contributed by atoms with E-state index in [0.717, 1.165) is 0 Å². The maximum atomic E-state index is 12.4. The SMILES string of the molecule is C=C(P)S(=O)c1ccc(F)cc1. The molecule has 12 heavy (non-hydrogen) atoms. The van der Waals surface area contributed by atoms with Crippen LogP contribution >= 0.6 is 9.24 Å². The third-order valence-electron chi connectivity index (χ3n) is 1.27. The van der Waals surface area contributed by atoms with Crippen molar-refractivity contribution >= 4 is 20.0 Å². The molecule has 4 heteroatoms. The summed E-state index contributed by atoms with van der Waals surface area (Å²) in [5.74, 6) is -0.329. The topological polar surface area (TPSA) is 17.1 Å². The van der Waals surface area contributed by atoms with Crippen LogP contribution in [0.3, 0.4) is 0 Å². The zero-order valence-corrected chi connectivity index (χ0v) is 8.26. The van der Waals surface area contributed by atoms with E-state index in [1.165, 1.54) is 24.3 Å². The number of benzene rings is 1. The monoisotopic (exact) mass is 202 g/mol. The van der Waals surface area contributed by atoms with Crippen molar-refractivity contribution in [2.75, 3.05) is 0 Å². The number of rotatable bonds is 2. The van der Waals surface area contributed by atoms with Crippen molar-refractivity contribution < 1.29 is 8.60 Å². The molecular weight excluding hydrogens is 194 g/mol. The minimum absolute atomic E-state index is 0.329. The molecule has 0 aliphatic rings. The fraction of sp³-hybridized carbons (Fsp3) is 0. The summed E-state index contributed by atoms with van der Waals surface area (Å²) in [6.45, 7) is 3.52. The van der Waals surface area contributed by atoms with Gasteiger partial charge in [0.2, 0.25) is 0 Å². The molecule has 1 aromatic rings. The van der Waals surface area contributed by atoms with Crippen molar-refractivity contribution in [3.63, 3.8) is 0 Å². The second-order valence-corrected chi connectivity index (χ2v) is 4.84. The summed E-state index contributed by atoms with van der Waals surface area (Å²) < 4.78 is 24.2. The number of halogens is 1. The van der Waals surface area contributed by atoms with Gasteiger partial charge in [0.05, 0.1) is 10.8 Å². The lowest BCUT2D eigenvalue weighted by Crippen LogP contribution is -1.89. The Kier molecular flexibility index (Phi) is 3.12. The first kappa shape index (κ1) is 9.56. The van der Waals surface area contributed by atoms with Gasteiger partial charge in [0.15, 0.2) is 0 Å². The number of hydrogen-bond acceptors (Lipinski definition) is 1. The Balaban J connectivity index is 2.98. The van der Waals surface area contributed by atoms with E-state index in [1.54, 1.807) is 0 Å². The molecular formula is C8H8FOPS. The summed E-state index contributed by atoms with van der Waals surface area (Å²) in [5.41, 5.74) is 0. The molecule has 0 saturated carbocycles. The Bertz CT molecular complexity index is 320. The van der Waals surface area contributed by atoms with Gasteiger partial charge in [0.1, 0.15) is 5.82 Å². The van der Waals surface area contributed by atoms with Gasteiger partial charge in [0.25, 0.3) is 0 Å². The molecule has 64 valence electrons. The van der Waals surface area contributed by atoms with E-state index in [9.17, 15) is 8.60 Å². The molecule has 0 amide bonds. The molecule has 0 aliphatic carbocycles. The van der Waals surface area contributed by atoms with Gasteiger partial charge in [-0.15, -0.1) is 0 Å². The molecule has 0 bridgehead atoms. The standard InChI is InChI=1S/C8H8FOPS/c1-6(11)12(10)8-4-2-7(9)3-5-8/h2-5H,1,11H2. The molecule has 0 N–H and O–H groups in total. The van der Waals surface area contributed by atoms with Crippen LogP contribution in [0.5, 0.6) is 0 Å². The Labute approximate surface area is 75.3 Å². The third kappa shape index (κ3) is 2.23. The molecule has 1 rings (SSSR count). The quantitative estimate of drug-likeness (QED) is 0.672. The highest BCUT2D eigenvalue weighted by atomic mass is 32.2. The van der Waals surface area contributed by atoms with Crippen molar-refractivity contribution in [1.82, 2.24) is 0 Å². The van der Waals surface area contributed by atoms with E-state index in [-0.39, 0.29) is 5.82 Å². The van der Waals surface area contributed by atoms with E-state index in [4.69, 9.17) is 0 Å².